The summed E-state index contributed by atoms with van der Waals surface area (Å²) in [7, 11) is 0. The number of rotatable bonds is 6. The lowest BCUT2D eigenvalue weighted by molar-refractivity contribution is -0.152. The summed E-state index contributed by atoms with van der Waals surface area (Å²) in [6, 6.07) is 0.270. The first-order valence-corrected chi connectivity index (χ1v) is 8.94. The minimum atomic E-state index is -0.886. The number of nitrogens with zero attached hydrogens (tertiary/aromatic N) is 1. The summed E-state index contributed by atoms with van der Waals surface area (Å²) in [5.41, 5.74) is -0.798. The van der Waals surface area contributed by atoms with Gasteiger partial charge in [-0.2, -0.15) is 0 Å². The second-order valence-electron chi connectivity index (χ2n) is 7.89. The van der Waals surface area contributed by atoms with Crippen LogP contribution in [0.4, 0.5) is 0 Å². The Hall–Kier alpha value is -1.10. The van der Waals surface area contributed by atoms with Gasteiger partial charge in [0.05, 0.1) is 11.8 Å². The topological polar surface area (TPSA) is 66.8 Å². The van der Waals surface area contributed by atoms with E-state index in [-0.39, 0.29) is 18.4 Å². The van der Waals surface area contributed by atoms with Crippen LogP contribution in [0.1, 0.15) is 59.3 Å². The van der Waals surface area contributed by atoms with E-state index in [0.717, 1.165) is 45.4 Å². The Morgan fingerprint density at radius 2 is 1.91 bits per heavy atom. The van der Waals surface area contributed by atoms with E-state index in [0.29, 0.717) is 18.3 Å². The van der Waals surface area contributed by atoms with Gasteiger partial charge >= 0.3 is 5.97 Å². The Balaban J connectivity index is 2.14. The van der Waals surface area contributed by atoms with E-state index in [2.05, 4.69) is 0 Å². The van der Waals surface area contributed by atoms with Gasteiger partial charge in [0.25, 0.3) is 0 Å². The molecule has 0 saturated carbocycles. The zero-order valence-corrected chi connectivity index (χ0v) is 14.7. The van der Waals surface area contributed by atoms with Crippen LogP contribution in [0.3, 0.4) is 0 Å². The lowest BCUT2D eigenvalue weighted by atomic mass is 9.77. The second kappa shape index (κ2) is 7.65. The van der Waals surface area contributed by atoms with Gasteiger partial charge in [-0.25, -0.2) is 0 Å². The molecule has 2 unspecified atom stereocenters. The fourth-order valence-corrected chi connectivity index (χ4v) is 4.45. The van der Waals surface area contributed by atoms with Gasteiger partial charge in [-0.05, 0) is 43.9 Å². The summed E-state index contributed by atoms with van der Waals surface area (Å²) in [6.45, 7) is 8.26. The van der Waals surface area contributed by atoms with E-state index in [1.54, 1.807) is 0 Å². The highest BCUT2D eigenvalue weighted by atomic mass is 16.5. The van der Waals surface area contributed by atoms with Crippen molar-refractivity contribution in [3.8, 4) is 0 Å². The summed E-state index contributed by atoms with van der Waals surface area (Å²) in [6.07, 6.45) is 4.62. The highest BCUT2D eigenvalue weighted by molar-refractivity contribution is 5.87. The lowest BCUT2D eigenvalue weighted by Crippen LogP contribution is -2.49. The molecule has 2 aliphatic heterocycles. The minimum absolute atomic E-state index is 0.0441. The first kappa shape index (κ1) is 18.2. The highest BCUT2D eigenvalue weighted by Gasteiger charge is 2.44. The molecule has 5 heteroatoms. The fourth-order valence-electron chi connectivity index (χ4n) is 4.45. The van der Waals surface area contributed by atoms with Crippen molar-refractivity contribution >= 4 is 11.9 Å². The predicted molar refractivity (Wildman–Crippen MR) is 88.1 cm³/mol. The van der Waals surface area contributed by atoms with Gasteiger partial charge < -0.3 is 14.7 Å². The molecule has 0 aromatic heterocycles. The van der Waals surface area contributed by atoms with Crippen molar-refractivity contribution in [1.29, 1.82) is 0 Å². The maximum atomic E-state index is 13.2. The third-order valence-electron chi connectivity index (χ3n) is 5.29. The molecule has 2 saturated heterocycles. The number of carboxylic acids is 1. The number of likely N-dealkylation sites (tertiary alicyclic amines) is 1. The summed E-state index contributed by atoms with van der Waals surface area (Å²) in [4.78, 5) is 26.5. The van der Waals surface area contributed by atoms with Gasteiger partial charge in [0.15, 0.2) is 0 Å². The molecule has 0 bridgehead atoms. The van der Waals surface area contributed by atoms with Crippen LogP contribution in [-0.4, -0.2) is 47.7 Å². The molecular weight excluding hydrogens is 294 g/mol. The lowest BCUT2D eigenvalue weighted by Gasteiger charge is -2.39. The molecule has 132 valence electrons. The van der Waals surface area contributed by atoms with Crippen LogP contribution in [0, 0.1) is 17.3 Å². The predicted octanol–water partition coefficient (Wildman–Crippen LogP) is 2.93. The van der Waals surface area contributed by atoms with Crippen molar-refractivity contribution in [3.63, 3.8) is 0 Å². The van der Waals surface area contributed by atoms with Crippen LogP contribution < -0.4 is 0 Å². The third-order valence-corrected chi connectivity index (χ3v) is 5.29. The molecule has 2 atom stereocenters. The molecule has 5 nitrogen and oxygen atoms in total. The largest absolute Gasteiger partial charge is 0.481 e. The number of carbonyl (C=O) groups excluding carboxylic acids is 1. The molecule has 0 radical (unpaired) electrons. The van der Waals surface area contributed by atoms with Gasteiger partial charge in [-0.15, -0.1) is 0 Å². The number of amides is 1. The zero-order valence-electron chi connectivity index (χ0n) is 14.7. The molecule has 2 heterocycles. The fraction of sp³-hybridized carbons (Fsp3) is 0.889. The molecule has 0 spiro atoms. The first-order valence-electron chi connectivity index (χ1n) is 8.94. The Kier molecular flexibility index (Phi) is 6.06. The Labute approximate surface area is 139 Å². The summed E-state index contributed by atoms with van der Waals surface area (Å²) >= 11 is 0. The Morgan fingerprint density at radius 3 is 2.48 bits per heavy atom. The van der Waals surface area contributed by atoms with Crippen LogP contribution in [0.2, 0.25) is 0 Å². The average Bonchev–Trinajstić information content (AvgIpc) is 2.94. The van der Waals surface area contributed by atoms with E-state index >= 15 is 0 Å². The molecule has 0 aromatic rings. The normalized spacial score (nSPS) is 25.6. The molecule has 0 aromatic carbocycles. The maximum Gasteiger partial charge on any atom is 0.304 e. The summed E-state index contributed by atoms with van der Waals surface area (Å²) in [5.74, 6) is -0.0401. The molecule has 2 rings (SSSR count). The maximum absolute atomic E-state index is 13.2. The van der Waals surface area contributed by atoms with E-state index in [1.165, 1.54) is 0 Å². The van der Waals surface area contributed by atoms with Crippen molar-refractivity contribution in [3.05, 3.63) is 0 Å². The molecule has 0 aliphatic carbocycles. The van der Waals surface area contributed by atoms with Crippen LogP contribution in [0.25, 0.3) is 0 Å². The van der Waals surface area contributed by atoms with Crippen molar-refractivity contribution in [2.75, 3.05) is 19.8 Å². The third kappa shape index (κ3) is 4.46. The number of hydrogen-bond donors (Lipinski definition) is 1. The van der Waals surface area contributed by atoms with E-state index in [1.807, 2.05) is 25.7 Å². The SMILES string of the molecule is CC(C)CC(C)(CC(=O)O)C(=O)N1CCCC1C1CCOCC1. The summed E-state index contributed by atoms with van der Waals surface area (Å²) < 4.78 is 5.45. The zero-order chi connectivity index (χ0) is 17.0. The number of aliphatic carboxylic acids is 1. The smallest absolute Gasteiger partial charge is 0.304 e. The van der Waals surface area contributed by atoms with Gasteiger partial charge in [-0.3, -0.25) is 9.59 Å². The van der Waals surface area contributed by atoms with E-state index in [9.17, 15) is 14.7 Å². The molecule has 1 N–H and O–H groups in total. The molecule has 2 fully saturated rings. The standard InChI is InChI=1S/C18H31NO4/c1-13(2)11-18(3,12-16(20)21)17(22)19-8-4-5-15(19)14-6-9-23-10-7-14/h13-15H,4-12H2,1-3H3,(H,20,21). The highest BCUT2D eigenvalue weighted by Crippen LogP contribution is 2.38. The van der Waals surface area contributed by atoms with Crippen molar-refractivity contribution in [2.24, 2.45) is 17.3 Å². The quantitative estimate of drug-likeness (QED) is 0.815. The average molecular weight is 325 g/mol. The van der Waals surface area contributed by atoms with Crippen molar-refractivity contribution < 1.29 is 19.4 Å². The van der Waals surface area contributed by atoms with Gasteiger partial charge in [0, 0.05) is 25.8 Å². The number of carbonyl (C=O) groups is 2. The Morgan fingerprint density at radius 1 is 1.26 bits per heavy atom. The minimum Gasteiger partial charge on any atom is -0.481 e. The van der Waals surface area contributed by atoms with Crippen LogP contribution in [0.5, 0.6) is 0 Å². The number of carboxylic acid groups (broad SMARTS) is 1. The first-order chi connectivity index (χ1) is 10.8. The monoisotopic (exact) mass is 325 g/mol. The molecular formula is C18H31NO4. The van der Waals surface area contributed by atoms with Gasteiger partial charge in [0.1, 0.15) is 0 Å². The van der Waals surface area contributed by atoms with Crippen LogP contribution in [-0.2, 0) is 14.3 Å². The van der Waals surface area contributed by atoms with Gasteiger partial charge in [0.2, 0.25) is 5.91 Å². The van der Waals surface area contributed by atoms with E-state index < -0.39 is 11.4 Å². The van der Waals surface area contributed by atoms with Crippen LogP contribution >= 0.6 is 0 Å². The molecule has 1 amide bonds. The Bertz CT molecular complexity index is 431. The second-order valence-corrected chi connectivity index (χ2v) is 7.89. The molecule has 23 heavy (non-hydrogen) atoms. The summed E-state index contributed by atoms with van der Waals surface area (Å²) in [5, 5.41) is 9.28. The number of ether oxygens (including phenoxy) is 1. The molecule has 2 aliphatic rings. The number of hydrogen-bond acceptors (Lipinski definition) is 3. The van der Waals surface area contributed by atoms with E-state index in [4.69, 9.17) is 4.74 Å². The van der Waals surface area contributed by atoms with Crippen LogP contribution in [0.15, 0.2) is 0 Å². The van der Waals surface area contributed by atoms with Crippen molar-refractivity contribution in [1.82, 2.24) is 4.90 Å². The van der Waals surface area contributed by atoms with Gasteiger partial charge in [-0.1, -0.05) is 20.8 Å². The van der Waals surface area contributed by atoms with Crippen molar-refractivity contribution in [2.45, 2.75) is 65.3 Å².